The van der Waals surface area contributed by atoms with E-state index in [1.165, 1.54) is 6.92 Å². The number of benzene rings is 1. The lowest BCUT2D eigenvalue weighted by Crippen LogP contribution is -2.71. The van der Waals surface area contributed by atoms with E-state index < -0.39 is 53.0 Å². The SMILES string of the molecule is CCC1=C2CC[C@H]3C(=O)NC(=O)[C@H]3[C@H]2[C@@](C)(C(=O)NCc2ccccc2)N(C(=O)NCCO)C1=O. The van der Waals surface area contributed by atoms with Crippen LogP contribution in [-0.2, 0) is 25.7 Å². The van der Waals surface area contributed by atoms with Crippen molar-refractivity contribution in [2.45, 2.75) is 45.2 Å². The van der Waals surface area contributed by atoms with Gasteiger partial charge in [0.05, 0.1) is 18.4 Å². The number of carbonyl (C=O) groups excluding carboxylic acids is 5. The molecule has 35 heavy (non-hydrogen) atoms. The Hall–Kier alpha value is -3.53. The van der Waals surface area contributed by atoms with E-state index in [-0.39, 0.29) is 19.7 Å². The van der Waals surface area contributed by atoms with Gasteiger partial charge in [0.25, 0.3) is 5.91 Å². The topological polar surface area (TPSA) is 145 Å². The number of nitrogens with zero attached hydrogens (tertiary/aromatic N) is 1. The van der Waals surface area contributed by atoms with Crippen molar-refractivity contribution in [2.24, 2.45) is 17.8 Å². The van der Waals surface area contributed by atoms with Gasteiger partial charge in [0.2, 0.25) is 17.7 Å². The number of hydrogen-bond donors (Lipinski definition) is 4. The van der Waals surface area contributed by atoms with Crippen LogP contribution in [0.15, 0.2) is 41.5 Å². The third kappa shape index (κ3) is 4.01. The Morgan fingerprint density at radius 2 is 1.86 bits per heavy atom. The number of aliphatic hydroxyl groups excluding tert-OH is 1. The number of amides is 6. The molecule has 0 unspecified atom stereocenters. The smallest absolute Gasteiger partial charge is 0.325 e. The number of imide groups is 2. The van der Waals surface area contributed by atoms with Crippen LogP contribution in [0.4, 0.5) is 4.79 Å². The van der Waals surface area contributed by atoms with Crippen LogP contribution in [-0.4, -0.2) is 58.4 Å². The monoisotopic (exact) mass is 482 g/mol. The third-order valence-corrected chi connectivity index (χ3v) is 7.40. The predicted octanol–water partition coefficient (Wildman–Crippen LogP) is 0.611. The minimum atomic E-state index is -1.77. The van der Waals surface area contributed by atoms with Crippen LogP contribution in [0.5, 0.6) is 0 Å². The number of hydrogen-bond acceptors (Lipinski definition) is 6. The van der Waals surface area contributed by atoms with Crippen molar-refractivity contribution >= 4 is 29.7 Å². The third-order valence-electron chi connectivity index (χ3n) is 7.40. The number of aliphatic hydroxyl groups is 1. The fourth-order valence-corrected chi connectivity index (χ4v) is 5.79. The molecule has 2 heterocycles. The zero-order chi connectivity index (χ0) is 25.3. The Balaban J connectivity index is 1.83. The Kier molecular flexibility index (Phi) is 6.75. The summed E-state index contributed by atoms with van der Waals surface area (Å²) >= 11 is 0. The van der Waals surface area contributed by atoms with Crippen molar-refractivity contribution in [3.05, 3.63) is 47.0 Å². The largest absolute Gasteiger partial charge is 0.395 e. The summed E-state index contributed by atoms with van der Waals surface area (Å²) in [6.07, 6.45) is 1.08. The van der Waals surface area contributed by atoms with E-state index in [0.29, 0.717) is 30.4 Å². The average Bonchev–Trinajstić information content (AvgIpc) is 3.14. The lowest BCUT2D eigenvalue weighted by molar-refractivity contribution is -0.149. The number of nitrogens with one attached hydrogen (secondary N) is 3. The van der Waals surface area contributed by atoms with Gasteiger partial charge in [-0.15, -0.1) is 0 Å². The zero-order valence-corrected chi connectivity index (χ0v) is 19.8. The molecular weight excluding hydrogens is 452 g/mol. The summed E-state index contributed by atoms with van der Waals surface area (Å²) in [7, 11) is 0. The molecule has 0 bridgehead atoms. The molecule has 1 aliphatic carbocycles. The van der Waals surface area contributed by atoms with Crippen molar-refractivity contribution in [1.82, 2.24) is 20.9 Å². The van der Waals surface area contributed by atoms with Crippen molar-refractivity contribution in [1.29, 1.82) is 0 Å². The quantitative estimate of drug-likeness (QED) is 0.437. The highest BCUT2D eigenvalue weighted by Gasteiger charge is 2.64. The Morgan fingerprint density at radius 1 is 1.14 bits per heavy atom. The molecule has 1 aromatic rings. The summed E-state index contributed by atoms with van der Waals surface area (Å²) in [5.41, 5.74) is 0.0912. The first-order chi connectivity index (χ1) is 16.7. The molecule has 0 radical (unpaired) electrons. The standard InChI is InChI=1S/C25H30N4O6/c1-3-15-16-9-10-17-18(21(32)28-20(17)31)19(16)25(2,29(22(15)33)24(35)26-11-12-30)23(34)27-13-14-7-5-4-6-8-14/h4-8,17-19,30H,3,9-13H2,1-2H3,(H,26,35)(H,27,34)(H,28,31,32)/t17-,18-,19+,25+/m1/s1. The maximum Gasteiger partial charge on any atom is 0.325 e. The molecule has 2 fully saturated rings. The fraction of sp³-hybridized carbons (Fsp3) is 0.480. The van der Waals surface area contributed by atoms with Gasteiger partial charge in [-0.3, -0.25) is 24.5 Å². The summed E-state index contributed by atoms with van der Waals surface area (Å²) in [6.45, 7) is 2.96. The lowest BCUT2D eigenvalue weighted by atomic mass is 9.59. The highest BCUT2D eigenvalue weighted by Crippen LogP contribution is 2.52. The van der Waals surface area contributed by atoms with Crippen molar-refractivity contribution in [3.63, 3.8) is 0 Å². The number of urea groups is 1. The van der Waals surface area contributed by atoms with Gasteiger partial charge in [0, 0.05) is 24.6 Å². The molecule has 0 spiro atoms. The maximum absolute atomic E-state index is 13.9. The molecule has 1 saturated heterocycles. The molecule has 0 aromatic heterocycles. The summed E-state index contributed by atoms with van der Waals surface area (Å²) in [5, 5.41) is 16.9. The van der Waals surface area contributed by atoms with Gasteiger partial charge in [0.15, 0.2) is 0 Å². The molecule has 3 aliphatic rings. The van der Waals surface area contributed by atoms with Gasteiger partial charge in [0.1, 0.15) is 5.54 Å². The molecule has 10 nitrogen and oxygen atoms in total. The lowest BCUT2D eigenvalue weighted by Gasteiger charge is -2.52. The normalized spacial score (nSPS) is 27.8. The summed E-state index contributed by atoms with van der Waals surface area (Å²) in [6, 6.07) is 8.34. The van der Waals surface area contributed by atoms with Gasteiger partial charge < -0.3 is 15.7 Å². The molecule has 1 aromatic carbocycles. The molecule has 186 valence electrons. The van der Waals surface area contributed by atoms with Crippen molar-refractivity contribution < 1.29 is 29.1 Å². The predicted molar refractivity (Wildman–Crippen MR) is 124 cm³/mol. The van der Waals surface area contributed by atoms with E-state index in [1.54, 1.807) is 6.92 Å². The first-order valence-corrected chi connectivity index (χ1v) is 11.9. The minimum absolute atomic E-state index is 0.113. The summed E-state index contributed by atoms with van der Waals surface area (Å²) in [5.74, 6) is -4.44. The van der Waals surface area contributed by atoms with Gasteiger partial charge in [-0.05, 0) is 31.7 Å². The van der Waals surface area contributed by atoms with E-state index in [9.17, 15) is 29.1 Å². The van der Waals surface area contributed by atoms with Crippen LogP contribution in [0.1, 0.15) is 38.7 Å². The first-order valence-electron chi connectivity index (χ1n) is 11.9. The fourth-order valence-electron chi connectivity index (χ4n) is 5.79. The Morgan fingerprint density at radius 3 is 2.51 bits per heavy atom. The van der Waals surface area contributed by atoms with Crippen LogP contribution < -0.4 is 16.0 Å². The first kappa shape index (κ1) is 24.6. The second-order valence-corrected chi connectivity index (χ2v) is 9.27. The van der Waals surface area contributed by atoms with Crippen LogP contribution >= 0.6 is 0 Å². The second-order valence-electron chi connectivity index (χ2n) is 9.27. The zero-order valence-electron chi connectivity index (χ0n) is 19.8. The van der Waals surface area contributed by atoms with Crippen LogP contribution in [0.3, 0.4) is 0 Å². The van der Waals surface area contributed by atoms with Gasteiger partial charge >= 0.3 is 6.03 Å². The molecular formula is C25H30N4O6. The molecule has 1 saturated carbocycles. The second kappa shape index (κ2) is 9.61. The molecule has 2 aliphatic heterocycles. The highest BCUT2D eigenvalue weighted by atomic mass is 16.3. The molecule has 10 heteroatoms. The van der Waals surface area contributed by atoms with E-state index in [0.717, 1.165) is 10.5 Å². The van der Waals surface area contributed by atoms with Gasteiger partial charge in [-0.2, -0.15) is 0 Å². The number of rotatable bonds is 6. The van der Waals surface area contributed by atoms with E-state index in [2.05, 4.69) is 16.0 Å². The van der Waals surface area contributed by atoms with Crippen molar-refractivity contribution in [2.75, 3.05) is 13.2 Å². The summed E-state index contributed by atoms with van der Waals surface area (Å²) < 4.78 is 0. The summed E-state index contributed by atoms with van der Waals surface area (Å²) in [4.78, 5) is 67.1. The van der Waals surface area contributed by atoms with Crippen molar-refractivity contribution in [3.8, 4) is 0 Å². The highest BCUT2D eigenvalue weighted by molar-refractivity contribution is 6.12. The van der Waals surface area contributed by atoms with E-state index in [4.69, 9.17) is 0 Å². The molecule has 6 amide bonds. The molecule has 4 rings (SSSR count). The van der Waals surface area contributed by atoms with E-state index in [1.807, 2.05) is 30.3 Å². The molecule has 4 N–H and O–H groups in total. The van der Waals surface area contributed by atoms with Crippen LogP contribution in [0.2, 0.25) is 0 Å². The Bertz CT molecular complexity index is 1100. The van der Waals surface area contributed by atoms with Gasteiger partial charge in [-0.25, -0.2) is 9.69 Å². The van der Waals surface area contributed by atoms with E-state index >= 15 is 0 Å². The Labute approximate surface area is 203 Å². The number of fused-ring (bicyclic) bond motifs is 3. The maximum atomic E-state index is 13.9. The van der Waals surface area contributed by atoms with Crippen LogP contribution in [0.25, 0.3) is 0 Å². The van der Waals surface area contributed by atoms with Crippen LogP contribution in [0, 0.1) is 17.8 Å². The minimum Gasteiger partial charge on any atom is -0.395 e. The molecule has 4 atom stereocenters. The number of carbonyl (C=O) groups is 5. The van der Waals surface area contributed by atoms with Gasteiger partial charge in [-0.1, -0.05) is 42.8 Å². The average molecular weight is 483 g/mol.